The van der Waals surface area contributed by atoms with Crippen molar-refractivity contribution in [3.8, 4) is 0 Å². The molecular formula is C16H23N3. The van der Waals surface area contributed by atoms with Crippen molar-refractivity contribution in [2.24, 2.45) is 5.92 Å². The predicted molar refractivity (Wildman–Crippen MR) is 79.4 cm³/mol. The summed E-state index contributed by atoms with van der Waals surface area (Å²) in [6.07, 6.45) is 7.87. The second-order valence-corrected chi connectivity index (χ2v) is 6.02. The maximum Gasteiger partial charge on any atom is 0.139 e. The standard InChI is InChI=1S/C16H23N3/c1-11-8-12(2)19-15(9-11)18-14(16(19)17)10-13-6-4-3-5-7-13/h8-9,13H,3-7,10,17H2,1-2H3. The number of hydrogen-bond acceptors (Lipinski definition) is 2. The van der Waals surface area contributed by atoms with Gasteiger partial charge in [0.05, 0.1) is 5.69 Å². The van der Waals surface area contributed by atoms with Gasteiger partial charge in [0.25, 0.3) is 0 Å². The van der Waals surface area contributed by atoms with Crippen LogP contribution in [0.1, 0.15) is 49.1 Å². The summed E-state index contributed by atoms with van der Waals surface area (Å²) in [7, 11) is 0. The lowest BCUT2D eigenvalue weighted by molar-refractivity contribution is 0.355. The summed E-state index contributed by atoms with van der Waals surface area (Å²) < 4.78 is 2.09. The molecule has 0 spiro atoms. The van der Waals surface area contributed by atoms with Gasteiger partial charge >= 0.3 is 0 Å². The zero-order valence-corrected chi connectivity index (χ0v) is 11.9. The first-order chi connectivity index (χ1) is 9.15. The topological polar surface area (TPSA) is 43.3 Å². The highest BCUT2D eigenvalue weighted by atomic mass is 15.1. The number of fused-ring (bicyclic) bond motifs is 1. The Morgan fingerprint density at radius 3 is 2.68 bits per heavy atom. The van der Waals surface area contributed by atoms with Gasteiger partial charge in [-0.15, -0.1) is 0 Å². The van der Waals surface area contributed by atoms with Crippen molar-refractivity contribution in [3.05, 3.63) is 29.1 Å². The molecule has 102 valence electrons. The van der Waals surface area contributed by atoms with Gasteiger partial charge in [0.1, 0.15) is 11.5 Å². The molecule has 3 rings (SSSR count). The summed E-state index contributed by atoms with van der Waals surface area (Å²) in [5.41, 5.74) is 10.8. The third-order valence-corrected chi connectivity index (χ3v) is 4.37. The van der Waals surface area contributed by atoms with E-state index < -0.39 is 0 Å². The molecule has 0 radical (unpaired) electrons. The van der Waals surface area contributed by atoms with Gasteiger partial charge in [0.2, 0.25) is 0 Å². The number of nitrogen functional groups attached to an aromatic ring is 1. The molecule has 0 aliphatic heterocycles. The number of nitrogens with zero attached hydrogens (tertiary/aromatic N) is 2. The molecule has 2 aromatic rings. The molecule has 0 aromatic carbocycles. The lowest BCUT2D eigenvalue weighted by Gasteiger charge is -2.20. The Kier molecular flexibility index (Phi) is 3.21. The lowest BCUT2D eigenvalue weighted by atomic mass is 9.86. The number of pyridine rings is 1. The SMILES string of the molecule is Cc1cc(C)n2c(N)c(CC3CCCCC3)nc2c1. The largest absolute Gasteiger partial charge is 0.383 e. The number of aryl methyl sites for hydroxylation is 2. The maximum absolute atomic E-state index is 6.31. The van der Waals surface area contributed by atoms with Crippen LogP contribution in [0.2, 0.25) is 0 Å². The molecule has 0 atom stereocenters. The smallest absolute Gasteiger partial charge is 0.139 e. The Labute approximate surface area is 114 Å². The Morgan fingerprint density at radius 2 is 1.95 bits per heavy atom. The van der Waals surface area contributed by atoms with Crippen LogP contribution >= 0.6 is 0 Å². The number of nitrogens with two attached hydrogens (primary N) is 1. The van der Waals surface area contributed by atoms with Crippen LogP contribution in [0.3, 0.4) is 0 Å². The van der Waals surface area contributed by atoms with Gasteiger partial charge in [-0.3, -0.25) is 4.40 Å². The fourth-order valence-electron chi connectivity index (χ4n) is 3.42. The van der Waals surface area contributed by atoms with Crippen molar-refractivity contribution < 1.29 is 0 Å². The molecule has 3 heteroatoms. The van der Waals surface area contributed by atoms with Crippen molar-refractivity contribution in [2.45, 2.75) is 52.4 Å². The third-order valence-electron chi connectivity index (χ3n) is 4.37. The van der Waals surface area contributed by atoms with Crippen molar-refractivity contribution in [1.29, 1.82) is 0 Å². The van der Waals surface area contributed by atoms with E-state index in [0.29, 0.717) is 0 Å². The first-order valence-corrected chi connectivity index (χ1v) is 7.39. The van der Waals surface area contributed by atoms with Crippen LogP contribution in [-0.4, -0.2) is 9.38 Å². The minimum absolute atomic E-state index is 0.780. The fourth-order valence-corrected chi connectivity index (χ4v) is 3.42. The average molecular weight is 257 g/mol. The molecule has 2 heterocycles. The van der Waals surface area contributed by atoms with Crippen molar-refractivity contribution in [3.63, 3.8) is 0 Å². The van der Waals surface area contributed by atoms with Crippen molar-refractivity contribution in [2.75, 3.05) is 5.73 Å². The first-order valence-electron chi connectivity index (χ1n) is 7.39. The first kappa shape index (κ1) is 12.5. The van der Waals surface area contributed by atoms with Gasteiger partial charge in [-0.1, -0.05) is 32.1 Å². The number of imidazole rings is 1. The van der Waals surface area contributed by atoms with Gasteiger partial charge in [0, 0.05) is 5.69 Å². The summed E-state index contributed by atoms with van der Waals surface area (Å²) in [5, 5.41) is 0. The maximum atomic E-state index is 6.31. The second kappa shape index (κ2) is 4.87. The number of aromatic nitrogens is 2. The van der Waals surface area contributed by atoms with Crippen LogP contribution in [0, 0.1) is 19.8 Å². The molecule has 0 amide bonds. The summed E-state index contributed by atoms with van der Waals surface area (Å²) in [6.45, 7) is 4.21. The number of rotatable bonds is 2. The van der Waals surface area contributed by atoms with Crippen LogP contribution in [0.15, 0.2) is 12.1 Å². The number of hydrogen-bond donors (Lipinski definition) is 1. The van der Waals surface area contributed by atoms with E-state index in [9.17, 15) is 0 Å². The highest BCUT2D eigenvalue weighted by Crippen LogP contribution is 2.29. The molecule has 0 bridgehead atoms. The second-order valence-electron chi connectivity index (χ2n) is 6.02. The quantitative estimate of drug-likeness (QED) is 0.892. The predicted octanol–water partition coefficient (Wildman–Crippen LogP) is 3.66. The molecule has 3 nitrogen and oxygen atoms in total. The molecule has 19 heavy (non-hydrogen) atoms. The van der Waals surface area contributed by atoms with E-state index in [1.807, 2.05) is 0 Å². The normalized spacial score (nSPS) is 17.2. The van der Waals surface area contributed by atoms with Crippen LogP contribution in [-0.2, 0) is 6.42 Å². The Hall–Kier alpha value is -1.51. The van der Waals surface area contributed by atoms with Crippen molar-refractivity contribution >= 4 is 11.5 Å². The molecule has 0 saturated heterocycles. The van der Waals surface area contributed by atoms with E-state index in [1.165, 1.54) is 43.4 Å². The molecular weight excluding hydrogens is 234 g/mol. The van der Waals surface area contributed by atoms with E-state index in [2.05, 4.69) is 30.4 Å². The molecule has 1 fully saturated rings. The van der Waals surface area contributed by atoms with Crippen LogP contribution in [0.25, 0.3) is 5.65 Å². The van der Waals surface area contributed by atoms with Crippen LogP contribution in [0.5, 0.6) is 0 Å². The Balaban J connectivity index is 1.95. The van der Waals surface area contributed by atoms with Gasteiger partial charge in [-0.25, -0.2) is 4.98 Å². The zero-order chi connectivity index (χ0) is 13.4. The minimum Gasteiger partial charge on any atom is -0.383 e. The Morgan fingerprint density at radius 1 is 1.21 bits per heavy atom. The van der Waals surface area contributed by atoms with Gasteiger partial charge in [-0.2, -0.15) is 0 Å². The average Bonchev–Trinajstić information content (AvgIpc) is 2.67. The van der Waals surface area contributed by atoms with Crippen LogP contribution in [0.4, 0.5) is 5.82 Å². The highest BCUT2D eigenvalue weighted by Gasteiger charge is 2.18. The van der Waals surface area contributed by atoms with E-state index in [0.717, 1.165) is 29.5 Å². The number of anilines is 1. The third kappa shape index (κ3) is 2.34. The zero-order valence-electron chi connectivity index (χ0n) is 11.9. The monoisotopic (exact) mass is 257 g/mol. The molecule has 0 unspecified atom stereocenters. The molecule has 1 aliphatic rings. The summed E-state index contributed by atoms with van der Waals surface area (Å²) >= 11 is 0. The molecule has 1 aliphatic carbocycles. The highest BCUT2D eigenvalue weighted by molar-refractivity contribution is 5.55. The fraction of sp³-hybridized carbons (Fsp3) is 0.562. The van der Waals surface area contributed by atoms with Gasteiger partial charge in [-0.05, 0) is 43.9 Å². The van der Waals surface area contributed by atoms with Gasteiger partial charge < -0.3 is 5.73 Å². The van der Waals surface area contributed by atoms with E-state index in [1.54, 1.807) is 0 Å². The van der Waals surface area contributed by atoms with Crippen LogP contribution < -0.4 is 5.73 Å². The minimum atomic E-state index is 0.780. The Bertz CT molecular complexity index is 592. The summed E-state index contributed by atoms with van der Waals surface area (Å²) in [4.78, 5) is 4.77. The van der Waals surface area contributed by atoms with E-state index in [4.69, 9.17) is 10.7 Å². The van der Waals surface area contributed by atoms with E-state index >= 15 is 0 Å². The summed E-state index contributed by atoms with van der Waals surface area (Å²) in [6, 6.07) is 4.28. The van der Waals surface area contributed by atoms with Crippen molar-refractivity contribution in [1.82, 2.24) is 9.38 Å². The van der Waals surface area contributed by atoms with E-state index in [-0.39, 0.29) is 0 Å². The molecule has 2 aromatic heterocycles. The lowest BCUT2D eigenvalue weighted by Crippen LogP contribution is -2.10. The molecule has 1 saturated carbocycles. The summed E-state index contributed by atoms with van der Waals surface area (Å²) in [5.74, 6) is 1.63. The van der Waals surface area contributed by atoms with Gasteiger partial charge in [0.15, 0.2) is 0 Å². The molecule has 2 N–H and O–H groups in total.